The molecule has 2 saturated heterocycles. The van der Waals surface area contributed by atoms with E-state index in [9.17, 15) is 15.0 Å². The van der Waals surface area contributed by atoms with Crippen LogP contribution in [0.3, 0.4) is 0 Å². The van der Waals surface area contributed by atoms with Gasteiger partial charge in [0, 0.05) is 31.7 Å². The number of aliphatic carboxylic acids is 1. The number of piperazine rings is 1. The molecule has 3 rings (SSSR count). The standard InChI is InChI=1S/C16H22N2O3/c1-11-14-7-13(19)9-17(14)10-15(16(20)21)18(11)8-12-5-3-2-4-6-12/h2-6,11,13-15,19H,7-10H2,1H3,(H,20,21)/t11?,13-,14-,15+/m1/s1. The van der Waals surface area contributed by atoms with Gasteiger partial charge in [-0.1, -0.05) is 30.3 Å². The highest BCUT2D eigenvalue weighted by Gasteiger charge is 2.46. The summed E-state index contributed by atoms with van der Waals surface area (Å²) in [5.74, 6) is -0.780. The lowest BCUT2D eigenvalue weighted by Gasteiger charge is -2.46. The minimum Gasteiger partial charge on any atom is -0.480 e. The molecule has 0 radical (unpaired) electrons. The molecule has 0 aliphatic carbocycles. The van der Waals surface area contributed by atoms with Crippen molar-refractivity contribution in [3.05, 3.63) is 35.9 Å². The number of nitrogens with zero attached hydrogens (tertiary/aromatic N) is 2. The van der Waals surface area contributed by atoms with E-state index in [1.54, 1.807) is 0 Å². The molecule has 1 aromatic rings. The van der Waals surface area contributed by atoms with E-state index in [-0.39, 0.29) is 18.2 Å². The molecule has 2 aliphatic rings. The second kappa shape index (κ2) is 5.75. The fourth-order valence-corrected chi connectivity index (χ4v) is 3.72. The second-order valence-electron chi connectivity index (χ2n) is 6.16. The molecule has 1 aromatic carbocycles. The van der Waals surface area contributed by atoms with Gasteiger partial charge in [-0.2, -0.15) is 0 Å². The van der Waals surface area contributed by atoms with Crippen LogP contribution >= 0.6 is 0 Å². The number of fused-ring (bicyclic) bond motifs is 1. The molecule has 5 nitrogen and oxygen atoms in total. The number of benzene rings is 1. The number of hydrogen-bond donors (Lipinski definition) is 2. The van der Waals surface area contributed by atoms with Crippen LogP contribution in [0.25, 0.3) is 0 Å². The largest absolute Gasteiger partial charge is 0.480 e. The highest BCUT2D eigenvalue weighted by Crippen LogP contribution is 2.31. The molecule has 114 valence electrons. The lowest BCUT2D eigenvalue weighted by Crippen LogP contribution is -2.62. The normalized spacial score (nSPS) is 33.8. The molecule has 2 fully saturated rings. The van der Waals surface area contributed by atoms with Gasteiger partial charge in [-0.05, 0) is 18.9 Å². The number of hydrogen-bond acceptors (Lipinski definition) is 4. The summed E-state index contributed by atoms with van der Waals surface area (Å²) >= 11 is 0. The average Bonchev–Trinajstić information content (AvgIpc) is 2.83. The van der Waals surface area contributed by atoms with E-state index in [1.807, 2.05) is 30.3 Å². The van der Waals surface area contributed by atoms with Crippen LogP contribution < -0.4 is 0 Å². The lowest BCUT2D eigenvalue weighted by atomic mass is 9.97. The summed E-state index contributed by atoms with van der Waals surface area (Å²) in [6.45, 7) is 3.80. The highest BCUT2D eigenvalue weighted by molar-refractivity contribution is 5.74. The van der Waals surface area contributed by atoms with Crippen molar-refractivity contribution in [2.24, 2.45) is 0 Å². The number of carboxylic acids is 1. The molecule has 0 bridgehead atoms. The SMILES string of the molecule is CC1[C@H]2C[C@@H](O)CN2C[C@@H](C(=O)O)N1Cc1ccccc1. The van der Waals surface area contributed by atoms with Gasteiger partial charge in [0.1, 0.15) is 6.04 Å². The van der Waals surface area contributed by atoms with Gasteiger partial charge in [0.05, 0.1) is 6.10 Å². The first kappa shape index (κ1) is 14.5. The molecular formula is C16H22N2O3. The monoisotopic (exact) mass is 290 g/mol. The highest BCUT2D eigenvalue weighted by atomic mass is 16.4. The van der Waals surface area contributed by atoms with Gasteiger partial charge in [-0.25, -0.2) is 0 Å². The quantitative estimate of drug-likeness (QED) is 0.861. The zero-order valence-electron chi connectivity index (χ0n) is 12.2. The van der Waals surface area contributed by atoms with E-state index < -0.39 is 12.0 Å². The van der Waals surface area contributed by atoms with Gasteiger partial charge in [0.25, 0.3) is 0 Å². The Kier molecular flexibility index (Phi) is 3.97. The van der Waals surface area contributed by atoms with Crippen molar-refractivity contribution in [2.75, 3.05) is 13.1 Å². The van der Waals surface area contributed by atoms with Crippen LogP contribution in [0, 0.1) is 0 Å². The number of carbonyl (C=O) groups is 1. The topological polar surface area (TPSA) is 64.0 Å². The van der Waals surface area contributed by atoms with E-state index in [1.165, 1.54) is 0 Å². The maximum absolute atomic E-state index is 11.6. The van der Waals surface area contributed by atoms with Crippen molar-refractivity contribution < 1.29 is 15.0 Å². The van der Waals surface area contributed by atoms with E-state index in [0.717, 1.165) is 12.0 Å². The van der Waals surface area contributed by atoms with E-state index in [2.05, 4.69) is 16.7 Å². The van der Waals surface area contributed by atoms with E-state index in [0.29, 0.717) is 19.6 Å². The summed E-state index contributed by atoms with van der Waals surface area (Å²) in [4.78, 5) is 15.8. The Morgan fingerprint density at radius 3 is 2.67 bits per heavy atom. The molecule has 1 unspecified atom stereocenters. The summed E-state index contributed by atoms with van der Waals surface area (Å²) in [6, 6.07) is 9.84. The van der Waals surface area contributed by atoms with Crippen LogP contribution in [0.15, 0.2) is 30.3 Å². The van der Waals surface area contributed by atoms with Crippen LogP contribution in [0.1, 0.15) is 18.9 Å². The summed E-state index contributed by atoms with van der Waals surface area (Å²) in [5, 5.41) is 19.4. The van der Waals surface area contributed by atoms with Gasteiger partial charge < -0.3 is 10.2 Å². The zero-order valence-corrected chi connectivity index (χ0v) is 12.2. The summed E-state index contributed by atoms with van der Waals surface area (Å²) in [7, 11) is 0. The Labute approximate surface area is 124 Å². The third-order valence-corrected chi connectivity index (χ3v) is 4.81. The first-order valence-electron chi connectivity index (χ1n) is 7.51. The minimum absolute atomic E-state index is 0.122. The molecule has 21 heavy (non-hydrogen) atoms. The molecule has 2 N–H and O–H groups in total. The van der Waals surface area contributed by atoms with Crippen LogP contribution in [-0.4, -0.2) is 63.3 Å². The Morgan fingerprint density at radius 1 is 1.29 bits per heavy atom. The Balaban J connectivity index is 1.83. The van der Waals surface area contributed by atoms with Crippen molar-refractivity contribution in [1.82, 2.24) is 9.80 Å². The van der Waals surface area contributed by atoms with Crippen molar-refractivity contribution in [3.8, 4) is 0 Å². The van der Waals surface area contributed by atoms with Gasteiger partial charge in [0.15, 0.2) is 0 Å². The summed E-state index contributed by atoms with van der Waals surface area (Å²) in [6.07, 6.45) is 0.405. The molecule has 0 aromatic heterocycles. The van der Waals surface area contributed by atoms with Gasteiger partial charge in [-0.15, -0.1) is 0 Å². The van der Waals surface area contributed by atoms with E-state index in [4.69, 9.17) is 0 Å². The Hall–Kier alpha value is -1.43. The first-order chi connectivity index (χ1) is 10.1. The second-order valence-corrected chi connectivity index (χ2v) is 6.16. The number of carboxylic acid groups (broad SMARTS) is 1. The van der Waals surface area contributed by atoms with Crippen LogP contribution in [-0.2, 0) is 11.3 Å². The number of rotatable bonds is 3. The fourth-order valence-electron chi connectivity index (χ4n) is 3.72. The van der Waals surface area contributed by atoms with Gasteiger partial charge >= 0.3 is 5.97 Å². The van der Waals surface area contributed by atoms with Gasteiger partial charge in [0.2, 0.25) is 0 Å². The molecule has 0 spiro atoms. The number of aliphatic hydroxyl groups is 1. The maximum Gasteiger partial charge on any atom is 0.322 e. The van der Waals surface area contributed by atoms with Gasteiger partial charge in [-0.3, -0.25) is 14.6 Å². The Bertz CT molecular complexity index is 508. The predicted octanol–water partition coefficient (Wildman–Crippen LogP) is 0.779. The first-order valence-corrected chi connectivity index (χ1v) is 7.51. The van der Waals surface area contributed by atoms with Crippen LogP contribution in [0.2, 0.25) is 0 Å². The van der Waals surface area contributed by atoms with Crippen LogP contribution in [0.5, 0.6) is 0 Å². The van der Waals surface area contributed by atoms with Crippen molar-refractivity contribution in [2.45, 2.75) is 44.1 Å². The molecule has 2 aliphatic heterocycles. The molecule has 0 amide bonds. The van der Waals surface area contributed by atoms with Crippen LogP contribution in [0.4, 0.5) is 0 Å². The lowest BCUT2D eigenvalue weighted by molar-refractivity contribution is -0.149. The van der Waals surface area contributed by atoms with Crippen molar-refractivity contribution >= 4 is 5.97 Å². The summed E-state index contributed by atoms with van der Waals surface area (Å²) in [5.41, 5.74) is 1.13. The molecular weight excluding hydrogens is 268 g/mol. The van der Waals surface area contributed by atoms with E-state index >= 15 is 0 Å². The number of aliphatic hydroxyl groups excluding tert-OH is 1. The third-order valence-electron chi connectivity index (χ3n) is 4.81. The average molecular weight is 290 g/mol. The molecule has 5 heteroatoms. The van der Waals surface area contributed by atoms with Crippen molar-refractivity contribution in [1.29, 1.82) is 0 Å². The maximum atomic E-state index is 11.6. The summed E-state index contributed by atoms with van der Waals surface area (Å²) < 4.78 is 0. The Morgan fingerprint density at radius 2 is 2.00 bits per heavy atom. The smallest absolute Gasteiger partial charge is 0.322 e. The molecule has 2 heterocycles. The zero-order chi connectivity index (χ0) is 15.0. The predicted molar refractivity (Wildman–Crippen MR) is 78.9 cm³/mol. The fraction of sp³-hybridized carbons (Fsp3) is 0.562. The third kappa shape index (κ3) is 2.81. The van der Waals surface area contributed by atoms with Crippen molar-refractivity contribution in [3.63, 3.8) is 0 Å². The molecule has 4 atom stereocenters. The molecule has 0 saturated carbocycles. The minimum atomic E-state index is -0.780.